The fraction of sp³-hybridized carbons (Fsp3) is 0.364. The molecule has 0 radical (unpaired) electrons. The van der Waals surface area contributed by atoms with E-state index in [1.54, 1.807) is 24.0 Å². The monoisotopic (exact) mass is 391 g/mol. The summed E-state index contributed by atoms with van der Waals surface area (Å²) < 4.78 is 1.59. The maximum absolute atomic E-state index is 13.1. The number of rotatable bonds is 4. The Morgan fingerprint density at radius 2 is 1.83 bits per heavy atom. The van der Waals surface area contributed by atoms with Gasteiger partial charge in [-0.25, -0.2) is 4.98 Å². The van der Waals surface area contributed by atoms with E-state index in [9.17, 15) is 9.59 Å². The van der Waals surface area contributed by atoms with Crippen molar-refractivity contribution in [1.29, 1.82) is 0 Å². The van der Waals surface area contributed by atoms with Crippen LogP contribution in [0.4, 0.5) is 5.82 Å². The zero-order valence-corrected chi connectivity index (χ0v) is 16.8. The number of carbonyl (C=O) groups excluding carboxylic acids is 1. The first-order valence-electron chi connectivity index (χ1n) is 9.99. The van der Waals surface area contributed by atoms with Crippen LogP contribution in [0.1, 0.15) is 24.8 Å². The minimum atomic E-state index is -0.138. The topological polar surface area (TPSA) is 71.3 Å². The average Bonchev–Trinajstić information content (AvgIpc) is 2.77. The summed E-state index contributed by atoms with van der Waals surface area (Å²) in [4.78, 5) is 38.4. The first kappa shape index (κ1) is 19.1. The minimum Gasteiger partial charge on any atom is -0.348 e. The Bertz CT molecular complexity index is 1070. The molecule has 1 saturated heterocycles. The number of pyridine rings is 1. The Kier molecular flexibility index (Phi) is 5.29. The van der Waals surface area contributed by atoms with Gasteiger partial charge in [0.05, 0.1) is 23.1 Å². The first-order chi connectivity index (χ1) is 14.1. The van der Waals surface area contributed by atoms with Crippen LogP contribution >= 0.6 is 0 Å². The van der Waals surface area contributed by atoms with Gasteiger partial charge in [-0.3, -0.25) is 14.6 Å². The Morgan fingerprint density at radius 3 is 2.52 bits per heavy atom. The van der Waals surface area contributed by atoms with Crippen molar-refractivity contribution in [1.82, 2.24) is 19.4 Å². The smallest absolute Gasteiger partial charge is 0.293 e. The molecule has 0 saturated carbocycles. The number of aromatic nitrogens is 3. The third kappa shape index (κ3) is 3.60. The van der Waals surface area contributed by atoms with Gasteiger partial charge in [-0.15, -0.1) is 0 Å². The first-order valence-corrected chi connectivity index (χ1v) is 9.99. The molecule has 1 aliphatic rings. The molecule has 1 aliphatic heterocycles. The SMILES string of the molecule is CC[C@H](C(=O)N1CCN(c2nc3ccncc3n(C)c2=O)CC1)c1ccccc1. The minimum absolute atomic E-state index is 0.123. The van der Waals surface area contributed by atoms with Gasteiger partial charge in [0.1, 0.15) is 0 Å². The molecule has 29 heavy (non-hydrogen) atoms. The van der Waals surface area contributed by atoms with Crippen LogP contribution in [0.2, 0.25) is 0 Å². The van der Waals surface area contributed by atoms with Crippen molar-refractivity contribution >= 4 is 22.8 Å². The van der Waals surface area contributed by atoms with Crippen LogP contribution in [0.25, 0.3) is 11.0 Å². The maximum Gasteiger partial charge on any atom is 0.293 e. The van der Waals surface area contributed by atoms with Gasteiger partial charge in [-0.05, 0) is 18.1 Å². The van der Waals surface area contributed by atoms with Crippen LogP contribution in [0.15, 0.2) is 53.6 Å². The second-order valence-corrected chi connectivity index (χ2v) is 7.35. The molecule has 1 fully saturated rings. The molecule has 1 atom stereocenters. The summed E-state index contributed by atoms with van der Waals surface area (Å²) in [5.74, 6) is 0.471. The molecule has 7 heteroatoms. The van der Waals surface area contributed by atoms with Gasteiger partial charge in [0.25, 0.3) is 5.56 Å². The standard InChI is InChI=1S/C22H25N5O2/c1-3-17(16-7-5-4-6-8-16)21(28)27-13-11-26(12-14-27)20-22(29)25(2)19-15-23-10-9-18(19)24-20/h4-10,15,17H,3,11-14H2,1-2H3/t17-/m0/s1. The van der Waals surface area contributed by atoms with E-state index in [2.05, 4.69) is 9.97 Å². The Balaban J connectivity index is 1.51. The summed E-state index contributed by atoms with van der Waals surface area (Å²) >= 11 is 0. The molecule has 0 aliphatic carbocycles. The third-order valence-electron chi connectivity index (χ3n) is 5.66. The lowest BCUT2D eigenvalue weighted by atomic mass is 9.95. The van der Waals surface area contributed by atoms with Crippen LogP contribution in [0.3, 0.4) is 0 Å². The predicted octanol–water partition coefficient (Wildman–Crippen LogP) is 2.17. The largest absolute Gasteiger partial charge is 0.348 e. The van der Waals surface area contributed by atoms with Gasteiger partial charge >= 0.3 is 0 Å². The van der Waals surface area contributed by atoms with Crippen LogP contribution < -0.4 is 10.5 Å². The number of anilines is 1. The van der Waals surface area contributed by atoms with Crippen molar-refractivity contribution in [3.8, 4) is 0 Å². The van der Waals surface area contributed by atoms with E-state index >= 15 is 0 Å². The lowest BCUT2D eigenvalue weighted by molar-refractivity contribution is -0.133. The number of hydrogen-bond donors (Lipinski definition) is 0. The fourth-order valence-corrected chi connectivity index (χ4v) is 3.96. The molecule has 4 rings (SSSR count). The summed E-state index contributed by atoms with van der Waals surface area (Å²) in [6.07, 6.45) is 4.09. The zero-order valence-electron chi connectivity index (χ0n) is 16.8. The molecule has 0 bridgehead atoms. The van der Waals surface area contributed by atoms with Gasteiger partial charge in [-0.2, -0.15) is 0 Å². The van der Waals surface area contributed by atoms with E-state index in [0.717, 1.165) is 17.5 Å². The molecule has 0 N–H and O–H groups in total. The van der Waals surface area contributed by atoms with Gasteiger partial charge in [-0.1, -0.05) is 37.3 Å². The van der Waals surface area contributed by atoms with Crippen molar-refractivity contribution in [2.45, 2.75) is 19.3 Å². The highest BCUT2D eigenvalue weighted by Crippen LogP contribution is 2.23. The number of piperazine rings is 1. The normalized spacial score (nSPS) is 15.5. The fourth-order valence-electron chi connectivity index (χ4n) is 3.96. The second-order valence-electron chi connectivity index (χ2n) is 7.35. The van der Waals surface area contributed by atoms with Crippen molar-refractivity contribution in [2.75, 3.05) is 31.1 Å². The van der Waals surface area contributed by atoms with Gasteiger partial charge in [0.15, 0.2) is 5.82 Å². The van der Waals surface area contributed by atoms with E-state index in [4.69, 9.17) is 0 Å². The highest BCUT2D eigenvalue weighted by Gasteiger charge is 2.28. The van der Waals surface area contributed by atoms with Crippen LogP contribution in [0.5, 0.6) is 0 Å². The molecule has 2 aromatic heterocycles. The van der Waals surface area contributed by atoms with Crippen molar-refractivity contribution in [3.05, 3.63) is 64.7 Å². The molecule has 0 unspecified atom stereocenters. The highest BCUT2D eigenvalue weighted by atomic mass is 16.2. The quantitative estimate of drug-likeness (QED) is 0.682. The number of benzene rings is 1. The van der Waals surface area contributed by atoms with E-state index < -0.39 is 0 Å². The maximum atomic E-state index is 13.1. The Hall–Kier alpha value is -3.22. The van der Waals surface area contributed by atoms with Crippen molar-refractivity contribution in [2.24, 2.45) is 7.05 Å². The van der Waals surface area contributed by atoms with Gasteiger partial charge in [0, 0.05) is 39.4 Å². The predicted molar refractivity (Wildman–Crippen MR) is 113 cm³/mol. The van der Waals surface area contributed by atoms with Crippen molar-refractivity contribution < 1.29 is 4.79 Å². The molecule has 150 valence electrons. The summed E-state index contributed by atoms with van der Waals surface area (Å²) in [7, 11) is 1.74. The number of aryl methyl sites for hydroxylation is 1. The van der Waals surface area contributed by atoms with Gasteiger partial charge in [0.2, 0.25) is 5.91 Å². The molecule has 1 amide bonds. The molecule has 0 spiro atoms. The Labute approximate surface area is 169 Å². The summed E-state index contributed by atoms with van der Waals surface area (Å²) in [6, 6.07) is 11.7. The summed E-state index contributed by atoms with van der Waals surface area (Å²) in [6.45, 7) is 4.40. The Morgan fingerprint density at radius 1 is 1.10 bits per heavy atom. The molecular formula is C22H25N5O2. The average molecular weight is 391 g/mol. The number of amides is 1. The van der Waals surface area contributed by atoms with E-state index in [1.165, 1.54) is 0 Å². The molecule has 3 heterocycles. The number of carbonyl (C=O) groups is 1. The zero-order chi connectivity index (χ0) is 20.4. The number of nitrogens with zero attached hydrogens (tertiary/aromatic N) is 5. The second kappa shape index (κ2) is 8.03. The molecule has 7 nitrogen and oxygen atoms in total. The third-order valence-corrected chi connectivity index (χ3v) is 5.66. The molecule has 3 aromatic rings. The highest BCUT2D eigenvalue weighted by molar-refractivity contribution is 5.84. The number of hydrogen-bond acceptors (Lipinski definition) is 5. The van der Waals surface area contributed by atoms with Crippen LogP contribution in [-0.2, 0) is 11.8 Å². The summed E-state index contributed by atoms with van der Waals surface area (Å²) in [5, 5.41) is 0. The van der Waals surface area contributed by atoms with Crippen LogP contribution in [0, 0.1) is 0 Å². The van der Waals surface area contributed by atoms with Crippen LogP contribution in [-0.4, -0.2) is 51.5 Å². The molecule has 1 aromatic carbocycles. The molecular weight excluding hydrogens is 366 g/mol. The van der Waals surface area contributed by atoms with E-state index in [-0.39, 0.29) is 17.4 Å². The lowest BCUT2D eigenvalue weighted by Crippen LogP contribution is -2.51. The summed E-state index contributed by atoms with van der Waals surface area (Å²) in [5.41, 5.74) is 2.37. The van der Waals surface area contributed by atoms with Gasteiger partial charge < -0.3 is 14.4 Å². The van der Waals surface area contributed by atoms with E-state index in [0.29, 0.717) is 37.5 Å². The van der Waals surface area contributed by atoms with Crippen molar-refractivity contribution in [3.63, 3.8) is 0 Å². The lowest BCUT2D eigenvalue weighted by Gasteiger charge is -2.36. The van der Waals surface area contributed by atoms with E-state index in [1.807, 2.05) is 53.1 Å². The number of fused-ring (bicyclic) bond motifs is 1.